The molecule has 0 N–H and O–H groups in total. The van der Waals surface area contributed by atoms with Gasteiger partial charge in [0.15, 0.2) is 17.5 Å². The van der Waals surface area contributed by atoms with E-state index in [2.05, 4.69) is 202 Å². The predicted octanol–water partition coefficient (Wildman–Crippen LogP) is 14.7. The van der Waals surface area contributed by atoms with Gasteiger partial charge in [0.25, 0.3) is 0 Å². The molecule has 57 heavy (non-hydrogen) atoms. The van der Waals surface area contributed by atoms with Crippen molar-refractivity contribution in [2.45, 2.75) is 127 Å². The summed E-state index contributed by atoms with van der Waals surface area (Å²) in [7, 11) is 0. The zero-order valence-corrected chi connectivity index (χ0v) is 37.3. The average molecular weight is 756 g/mol. The van der Waals surface area contributed by atoms with Gasteiger partial charge in [-0.05, 0) is 127 Å². The number of hydrogen-bond acceptors (Lipinski definition) is 0. The first kappa shape index (κ1) is 39.4. The largest absolute Gasteiger partial charge is 0.312 e. The molecule has 4 heterocycles. The zero-order valence-electron chi connectivity index (χ0n) is 37.3. The van der Waals surface area contributed by atoms with Gasteiger partial charge in [-0.2, -0.15) is 4.58 Å². The van der Waals surface area contributed by atoms with E-state index in [4.69, 9.17) is 0 Å². The maximum Gasteiger partial charge on any atom is 0.193 e. The number of rotatable bonds is 8. The van der Waals surface area contributed by atoms with Crippen molar-refractivity contribution in [2.75, 3.05) is 0 Å². The molecule has 2 heteroatoms. The van der Waals surface area contributed by atoms with Crippen molar-refractivity contribution in [3.8, 4) is 0 Å². The van der Waals surface area contributed by atoms with Crippen molar-refractivity contribution in [3.63, 3.8) is 0 Å². The van der Waals surface area contributed by atoms with Gasteiger partial charge in [-0.25, -0.2) is 0 Å². The van der Waals surface area contributed by atoms with E-state index in [0.717, 1.165) is 19.3 Å². The molecule has 5 atom stereocenters. The van der Waals surface area contributed by atoms with Gasteiger partial charge in [0.2, 0.25) is 0 Å². The molecule has 0 amide bonds. The standard InChI is InChI=1S/C55H67N2/c1-14-16-22-42(35(3)15-2)43-23-18-17-21-39(43)29-41-34-54(12)55(41,13)36(4)45(50-28-38(26-27-56(50)54)33-52(6,7)8)32-46-37(5)57-49-25-20-19-24-44(49)47-30-40(53(9,10)11)31-48(46)51(47)57/h14,16-27,30-32,34-36,38H,15,28-29,33H2,1-13H3/q+1/b16-14-,42-22+. The third kappa shape index (κ3) is 6.15. The third-order valence-electron chi connectivity index (χ3n) is 14.7. The molecule has 2 aromatic heterocycles. The Morgan fingerprint density at radius 2 is 1.67 bits per heavy atom. The summed E-state index contributed by atoms with van der Waals surface area (Å²) in [4.78, 5) is 0. The summed E-state index contributed by atoms with van der Waals surface area (Å²) in [6.07, 6.45) is 21.4. The third-order valence-corrected chi connectivity index (χ3v) is 14.7. The minimum atomic E-state index is -0.104. The van der Waals surface area contributed by atoms with Gasteiger partial charge in [0.05, 0.1) is 16.4 Å². The van der Waals surface area contributed by atoms with Crippen molar-refractivity contribution >= 4 is 44.6 Å². The molecule has 5 aromatic rings. The van der Waals surface area contributed by atoms with Gasteiger partial charge in [0, 0.05) is 52.3 Å². The van der Waals surface area contributed by atoms with Crippen LogP contribution in [-0.4, -0.2) is 20.2 Å². The van der Waals surface area contributed by atoms with Crippen molar-refractivity contribution in [2.24, 2.45) is 28.6 Å². The minimum Gasteiger partial charge on any atom is -0.312 e. The van der Waals surface area contributed by atoms with Crippen LogP contribution in [0.25, 0.3) is 38.8 Å². The van der Waals surface area contributed by atoms with Crippen LogP contribution in [0.3, 0.4) is 0 Å². The molecule has 2 aliphatic heterocycles. The fourth-order valence-corrected chi connectivity index (χ4v) is 11.1. The second-order valence-corrected chi connectivity index (χ2v) is 20.5. The quantitative estimate of drug-likeness (QED) is 0.0846. The Bertz CT molecular complexity index is 2580. The molecule has 8 rings (SSSR count). The summed E-state index contributed by atoms with van der Waals surface area (Å²) >= 11 is 0. The highest BCUT2D eigenvalue weighted by Crippen LogP contribution is 2.62. The van der Waals surface area contributed by atoms with Gasteiger partial charge in [0.1, 0.15) is 0 Å². The lowest BCUT2D eigenvalue weighted by Crippen LogP contribution is -2.66. The Morgan fingerprint density at radius 3 is 2.37 bits per heavy atom. The summed E-state index contributed by atoms with van der Waals surface area (Å²) in [5.74, 6) is 1.33. The molecule has 3 aliphatic rings. The Hall–Kier alpha value is -4.43. The van der Waals surface area contributed by atoms with E-state index in [0.29, 0.717) is 17.8 Å². The molecule has 0 bridgehead atoms. The SMILES string of the molecule is C/C=C\C=C(\c1ccccc1CC1=CC2(C)[N+]3=C(CC(CC(C)(C)C)C=C3)/C(=C/c3c(C)n4c5ccccc5c5cc(C(C)(C)C)cc3c54)C(C)C12C)C(C)CC. The Balaban J connectivity index is 1.33. The molecule has 296 valence electrons. The predicted molar refractivity (Wildman–Crippen MR) is 248 cm³/mol. The number of hydrogen-bond donors (Lipinski definition) is 0. The lowest BCUT2D eigenvalue weighted by atomic mass is 9.47. The maximum absolute atomic E-state index is 2.71. The van der Waals surface area contributed by atoms with Crippen molar-refractivity contribution in [3.05, 3.63) is 136 Å². The van der Waals surface area contributed by atoms with Crippen molar-refractivity contribution in [1.29, 1.82) is 0 Å². The van der Waals surface area contributed by atoms with Crippen LogP contribution in [0.5, 0.6) is 0 Å². The molecular weight excluding hydrogens is 689 g/mol. The number of allylic oxidation sites excluding steroid dienone is 6. The monoisotopic (exact) mass is 756 g/mol. The summed E-state index contributed by atoms with van der Waals surface area (Å²) < 4.78 is 5.27. The Morgan fingerprint density at radius 1 is 0.965 bits per heavy atom. The van der Waals surface area contributed by atoms with E-state index in [-0.39, 0.29) is 21.8 Å². The average Bonchev–Trinajstić information content (AvgIpc) is 3.65. The first-order valence-corrected chi connectivity index (χ1v) is 21.9. The van der Waals surface area contributed by atoms with Crippen LogP contribution in [0.2, 0.25) is 0 Å². The molecule has 0 radical (unpaired) electrons. The van der Waals surface area contributed by atoms with E-state index in [1.807, 2.05) is 0 Å². The summed E-state index contributed by atoms with van der Waals surface area (Å²) in [5, 5.41) is 4.11. The van der Waals surface area contributed by atoms with Crippen LogP contribution < -0.4 is 0 Å². The zero-order chi connectivity index (χ0) is 40.8. The van der Waals surface area contributed by atoms with E-state index < -0.39 is 0 Å². The van der Waals surface area contributed by atoms with Gasteiger partial charge in [-0.3, -0.25) is 0 Å². The van der Waals surface area contributed by atoms with E-state index >= 15 is 0 Å². The highest BCUT2D eigenvalue weighted by molar-refractivity contribution is 6.18. The topological polar surface area (TPSA) is 7.42 Å². The number of aryl methyl sites for hydroxylation is 1. The minimum absolute atomic E-state index is 0.0364. The van der Waals surface area contributed by atoms with Crippen LogP contribution in [0.15, 0.2) is 108 Å². The van der Waals surface area contributed by atoms with Crippen molar-refractivity contribution in [1.82, 2.24) is 4.40 Å². The van der Waals surface area contributed by atoms with E-state index in [9.17, 15) is 0 Å². The summed E-state index contributed by atoms with van der Waals surface area (Å²) in [6, 6.07) is 23.2. The maximum atomic E-state index is 2.71. The second kappa shape index (κ2) is 13.9. The first-order valence-electron chi connectivity index (χ1n) is 21.9. The van der Waals surface area contributed by atoms with E-state index in [1.54, 1.807) is 5.57 Å². The van der Waals surface area contributed by atoms with Crippen LogP contribution >= 0.6 is 0 Å². The fraction of sp³-hybridized carbons (Fsp3) is 0.436. The molecule has 0 fully saturated rings. The number of para-hydroxylation sites is 1. The van der Waals surface area contributed by atoms with Gasteiger partial charge in [-0.1, -0.05) is 123 Å². The molecule has 0 saturated heterocycles. The van der Waals surface area contributed by atoms with Gasteiger partial charge < -0.3 is 4.40 Å². The Kier molecular flexibility index (Phi) is 9.58. The number of nitrogens with zero attached hydrogens (tertiary/aromatic N) is 2. The van der Waals surface area contributed by atoms with Crippen LogP contribution in [-0.2, 0) is 11.8 Å². The smallest absolute Gasteiger partial charge is 0.193 e. The van der Waals surface area contributed by atoms with Gasteiger partial charge >= 0.3 is 0 Å². The van der Waals surface area contributed by atoms with Crippen LogP contribution in [0.1, 0.15) is 130 Å². The normalized spacial score (nSPS) is 25.5. The van der Waals surface area contributed by atoms with Gasteiger partial charge in [-0.15, -0.1) is 0 Å². The molecule has 1 aliphatic carbocycles. The number of fused-ring (bicyclic) bond motifs is 5. The molecule has 2 nitrogen and oxygen atoms in total. The van der Waals surface area contributed by atoms with Crippen molar-refractivity contribution < 1.29 is 4.58 Å². The summed E-state index contributed by atoms with van der Waals surface area (Å²) in [5.41, 5.74) is 15.8. The second-order valence-electron chi connectivity index (χ2n) is 20.5. The highest BCUT2D eigenvalue weighted by atomic mass is 15.1. The number of benzene rings is 3. The lowest BCUT2D eigenvalue weighted by molar-refractivity contribution is -0.566. The highest BCUT2D eigenvalue weighted by Gasteiger charge is 2.67. The molecule has 3 aromatic carbocycles. The molecule has 0 spiro atoms. The first-order chi connectivity index (χ1) is 26.9. The number of aromatic nitrogens is 1. The molecule has 5 unspecified atom stereocenters. The van der Waals surface area contributed by atoms with Crippen LogP contribution in [0, 0.1) is 35.5 Å². The molecule has 0 saturated carbocycles. The fourth-order valence-electron chi connectivity index (χ4n) is 11.1. The summed E-state index contributed by atoms with van der Waals surface area (Å²) in [6.45, 7) is 31.1. The molecular formula is C55H67N2+. The van der Waals surface area contributed by atoms with Crippen LogP contribution in [0.4, 0.5) is 0 Å². The lowest BCUT2D eigenvalue weighted by Gasteiger charge is -2.57. The Labute approximate surface area is 343 Å². The van der Waals surface area contributed by atoms with E-state index in [1.165, 1.54) is 78.4 Å².